The Morgan fingerprint density at radius 2 is 1.86 bits per heavy atom. The van der Waals surface area contributed by atoms with Gasteiger partial charge in [-0.3, -0.25) is 0 Å². The topological polar surface area (TPSA) is 21.6 Å². The van der Waals surface area contributed by atoms with Gasteiger partial charge in [-0.25, -0.2) is 4.99 Å². The predicted molar refractivity (Wildman–Crippen MR) is 93.4 cm³/mol. The van der Waals surface area contributed by atoms with Crippen LogP contribution in [0.5, 0.6) is 0 Å². The molecule has 0 spiro atoms. The van der Waals surface area contributed by atoms with E-state index in [0.717, 1.165) is 12.3 Å². The third-order valence-electron chi connectivity index (χ3n) is 4.69. The second-order valence-corrected chi connectivity index (χ2v) is 7.41. The van der Waals surface area contributed by atoms with Gasteiger partial charge in [-0.15, -0.1) is 0 Å². The minimum atomic E-state index is 0.191. The van der Waals surface area contributed by atoms with Crippen molar-refractivity contribution in [3.05, 3.63) is 48.0 Å². The summed E-state index contributed by atoms with van der Waals surface area (Å²) in [6.45, 7) is 9.63. The van der Waals surface area contributed by atoms with Crippen LogP contribution in [0.1, 0.15) is 33.3 Å². The van der Waals surface area contributed by atoms with Gasteiger partial charge in [-0.2, -0.15) is 0 Å². The second kappa shape index (κ2) is 5.75. The number of aliphatic imine (C=N–C) groups is 1. The molecule has 0 amide bonds. The fourth-order valence-corrected chi connectivity index (χ4v) is 2.79. The maximum atomic E-state index is 5.86. The summed E-state index contributed by atoms with van der Waals surface area (Å²) in [6, 6.07) is 15.4. The van der Waals surface area contributed by atoms with Gasteiger partial charge < -0.3 is 4.74 Å². The van der Waals surface area contributed by atoms with E-state index in [0.29, 0.717) is 12.5 Å². The molecule has 1 aliphatic heterocycles. The molecule has 116 valence electrons. The Kier molecular flexibility index (Phi) is 3.94. The van der Waals surface area contributed by atoms with Gasteiger partial charge in [-0.1, -0.05) is 70.2 Å². The Labute approximate surface area is 133 Å². The van der Waals surface area contributed by atoms with E-state index in [-0.39, 0.29) is 11.5 Å². The Bertz CT molecular complexity index is 696. The monoisotopic (exact) mass is 295 g/mol. The molecule has 0 aliphatic carbocycles. The van der Waals surface area contributed by atoms with Crippen LogP contribution in [0.2, 0.25) is 0 Å². The SMILES string of the molecule is C[C@H](C1=N[C@@H](Cc2ccc3ccccc3c2)CO1)C(C)(C)C. The fourth-order valence-electron chi connectivity index (χ4n) is 2.79. The standard InChI is InChI=1S/C20H25NO/c1-14(20(2,3)4)19-21-18(13-22-19)12-15-9-10-16-7-5-6-8-17(16)11-15/h5-11,14,18H,12-13H2,1-4H3/t14-,18+/m1/s1. The molecule has 0 saturated heterocycles. The smallest absolute Gasteiger partial charge is 0.187 e. The molecule has 1 aliphatic rings. The van der Waals surface area contributed by atoms with Crippen molar-refractivity contribution < 1.29 is 4.74 Å². The summed E-state index contributed by atoms with van der Waals surface area (Å²) in [5, 5.41) is 2.59. The minimum absolute atomic E-state index is 0.191. The molecule has 2 nitrogen and oxygen atoms in total. The Hall–Kier alpha value is -1.83. The van der Waals surface area contributed by atoms with Crippen molar-refractivity contribution in [2.45, 2.75) is 40.2 Å². The number of nitrogens with zero attached hydrogens (tertiary/aromatic N) is 1. The highest BCUT2D eigenvalue weighted by molar-refractivity contribution is 5.83. The first-order chi connectivity index (χ1) is 10.4. The molecule has 0 saturated carbocycles. The normalized spacial score (nSPS) is 19.8. The van der Waals surface area contributed by atoms with E-state index in [1.807, 2.05) is 0 Å². The summed E-state index contributed by atoms with van der Waals surface area (Å²) in [6.07, 6.45) is 0.950. The van der Waals surface area contributed by atoms with Gasteiger partial charge in [0.15, 0.2) is 5.90 Å². The van der Waals surface area contributed by atoms with Crippen molar-refractivity contribution in [1.29, 1.82) is 0 Å². The van der Waals surface area contributed by atoms with Crippen molar-refractivity contribution in [3.63, 3.8) is 0 Å². The zero-order valence-corrected chi connectivity index (χ0v) is 14.0. The van der Waals surface area contributed by atoms with E-state index in [1.54, 1.807) is 0 Å². The van der Waals surface area contributed by atoms with Gasteiger partial charge >= 0.3 is 0 Å². The van der Waals surface area contributed by atoms with Crippen molar-refractivity contribution >= 4 is 16.7 Å². The van der Waals surface area contributed by atoms with E-state index in [1.165, 1.54) is 16.3 Å². The Balaban J connectivity index is 1.74. The fraction of sp³-hybridized carbons (Fsp3) is 0.450. The molecule has 1 heterocycles. The van der Waals surface area contributed by atoms with Gasteiger partial charge in [0, 0.05) is 5.92 Å². The highest BCUT2D eigenvalue weighted by Crippen LogP contribution is 2.29. The molecule has 0 aromatic heterocycles. The molecular weight excluding hydrogens is 270 g/mol. The van der Waals surface area contributed by atoms with Crippen molar-refractivity contribution in [2.24, 2.45) is 16.3 Å². The van der Waals surface area contributed by atoms with Crippen LogP contribution in [-0.2, 0) is 11.2 Å². The molecule has 22 heavy (non-hydrogen) atoms. The molecule has 2 heteroatoms. The van der Waals surface area contributed by atoms with Gasteiger partial charge in [0.25, 0.3) is 0 Å². The van der Waals surface area contributed by atoms with Gasteiger partial charge in [-0.05, 0) is 28.2 Å². The van der Waals surface area contributed by atoms with Crippen LogP contribution in [0.4, 0.5) is 0 Å². The molecule has 2 aromatic carbocycles. The van der Waals surface area contributed by atoms with E-state index in [2.05, 4.69) is 70.2 Å². The molecule has 0 N–H and O–H groups in total. The first-order valence-electron chi connectivity index (χ1n) is 8.11. The zero-order valence-electron chi connectivity index (χ0n) is 14.0. The van der Waals surface area contributed by atoms with Gasteiger partial charge in [0.05, 0.1) is 6.04 Å². The van der Waals surface area contributed by atoms with Crippen molar-refractivity contribution in [2.75, 3.05) is 6.61 Å². The maximum Gasteiger partial charge on any atom is 0.187 e. The molecule has 0 bridgehead atoms. The zero-order chi connectivity index (χ0) is 15.7. The van der Waals surface area contributed by atoms with Crippen LogP contribution < -0.4 is 0 Å². The number of hydrogen-bond donors (Lipinski definition) is 0. The van der Waals surface area contributed by atoms with Crippen LogP contribution in [0, 0.1) is 11.3 Å². The first-order valence-corrected chi connectivity index (χ1v) is 8.11. The van der Waals surface area contributed by atoms with E-state index >= 15 is 0 Å². The van der Waals surface area contributed by atoms with Crippen LogP contribution >= 0.6 is 0 Å². The van der Waals surface area contributed by atoms with E-state index < -0.39 is 0 Å². The van der Waals surface area contributed by atoms with E-state index in [9.17, 15) is 0 Å². The summed E-state index contributed by atoms with van der Waals surface area (Å²) in [5.41, 5.74) is 1.53. The summed E-state index contributed by atoms with van der Waals surface area (Å²) in [7, 11) is 0. The molecule has 3 rings (SSSR count). The second-order valence-electron chi connectivity index (χ2n) is 7.41. The Morgan fingerprint density at radius 3 is 2.59 bits per heavy atom. The van der Waals surface area contributed by atoms with Crippen LogP contribution in [0.3, 0.4) is 0 Å². The molecule has 0 unspecified atom stereocenters. The molecule has 0 radical (unpaired) electrons. The largest absolute Gasteiger partial charge is 0.478 e. The number of fused-ring (bicyclic) bond motifs is 1. The lowest BCUT2D eigenvalue weighted by molar-refractivity contribution is 0.250. The predicted octanol–water partition coefficient (Wildman–Crippen LogP) is 4.86. The number of hydrogen-bond acceptors (Lipinski definition) is 2. The van der Waals surface area contributed by atoms with Crippen LogP contribution in [0.15, 0.2) is 47.5 Å². The number of ether oxygens (including phenoxy) is 1. The van der Waals surface area contributed by atoms with Gasteiger partial charge in [0.1, 0.15) is 6.61 Å². The lowest BCUT2D eigenvalue weighted by atomic mass is 9.82. The van der Waals surface area contributed by atoms with Crippen molar-refractivity contribution in [1.82, 2.24) is 0 Å². The number of benzene rings is 2. The van der Waals surface area contributed by atoms with Crippen molar-refractivity contribution in [3.8, 4) is 0 Å². The Morgan fingerprint density at radius 1 is 1.14 bits per heavy atom. The minimum Gasteiger partial charge on any atom is -0.478 e. The highest BCUT2D eigenvalue weighted by atomic mass is 16.5. The molecule has 2 atom stereocenters. The summed E-state index contributed by atoms with van der Waals surface area (Å²) < 4.78 is 5.86. The first kappa shape index (κ1) is 15.1. The summed E-state index contributed by atoms with van der Waals surface area (Å²) >= 11 is 0. The van der Waals surface area contributed by atoms with E-state index in [4.69, 9.17) is 9.73 Å². The average Bonchev–Trinajstić information content (AvgIpc) is 2.93. The maximum absolute atomic E-state index is 5.86. The van der Waals surface area contributed by atoms with Gasteiger partial charge in [0.2, 0.25) is 0 Å². The quantitative estimate of drug-likeness (QED) is 0.792. The number of rotatable bonds is 3. The molecule has 2 aromatic rings. The molecule has 0 fully saturated rings. The average molecular weight is 295 g/mol. The third-order valence-corrected chi connectivity index (χ3v) is 4.69. The van der Waals surface area contributed by atoms with Crippen LogP contribution in [-0.4, -0.2) is 18.5 Å². The third kappa shape index (κ3) is 3.16. The van der Waals surface area contributed by atoms with Crippen LogP contribution in [0.25, 0.3) is 10.8 Å². The lowest BCUT2D eigenvalue weighted by Crippen LogP contribution is -2.25. The molecular formula is C20H25NO. The summed E-state index contributed by atoms with van der Waals surface area (Å²) in [4.78, 5) is 4.82. The summed E-state index contributed by atoms with van der Waals surface area (Å²) in [5.74, 6) is 1.28. The highest BCUT2D eigenvalue weighted by Gasteiger charge is 2.30. The lowest BCUT2D eigenvalue weighted by Gasteiger charge is -2.26.